The van der Waals surface area contributed by atoms with Gasteiger partial charge in [0.05, 0.1) is 32.3 Å². The van der Waals surface area contributed by atoms with Crippen molar-refractivity contribution < 1.29 is 14.3 Å². The zero-order valence-corrected chi connectivity index (χ0v) is 17.9. The topological polar surface area (TPSA) is 81.0 Å². The van der Waals surface area contributed by atoms with Crippen LogP contribution >= 0.6 is 0 Å². The van der Waals surface area contributed by atoms with Crippen molar-refractivity contribution in [2.24, 2.45) is 4.99 Å². The molecule has 0 aliphatic carbocycles. The normalized spacial score (nSPS) is 16.8. The second-order valence-electron chi connectivity index (χ2n) is 7.86. The second-order valence-corrected chi connectivity index (χ2v) is 7.86. The van der Waals surface area contributed by atoms with Crippen LogP contribution in [0, 0.1) is 0 Å². The van der Waals surface area contributed by atoms with Gasteiger partial charge in [-0.05, 0) is 24.1 Å². The van der Waals surface area contributed by atoms with Gasteiger partial charge in [0, 0.05) is 30.9 Å². The van der Waals surface area contributed by atoms with Crippen LogP contribution in [0.4, 0.5) is 5.69 Å². The molecule has 2 aliphatic heterocycles. The first-order valence-electron chi connectivity index (χ1n) is 10.7. The fourth-order valence-corrected chi connectivity index (χ4v) is 4.20. The average molecular weight is 431 g/mol. The summed E-state index contributed by atoms with van der Waals surface area (Å²) in [5.74, 6) is 1.93. The third-order valence-electron chi connectivity index (χ3n) is 5.79. The second kappa shape index (κ2) is 8.74. The van der Waals surface area contributed by atoms with Crippen molar-refractivity contribution in [1.82, 2.24) is 19.8 Å². The molecule has 2 aromatic carbocycles. The molecule has 0 bridgehead atoms. The highest BCUT2D eigenvalue weighted by molar-refractivity contribution is 6.08. The van der Waals surface area contributed by atoms with Gasteiger partial charge in [-0.1, -0.05) is 30.3 Å². The number of carbonyl (C=O) groups is 1. The maximum absolute atomic E-state index is 12.7. The molecule has 3 aromatic rings. The van der Waals surface area contributed by atoms with E-state index in [-0.39, 0.29) is 11.9 Å². The number of guanidine groups is 1. The van der Waals surface area contributed by atoms with Gasteiger partial charge in [-0.25, -0.2) is 9.98 Å². The fourth-order valence-electron chi connectivity index (χ4n) is 4.20. The third-order valence-corrected chi connectivity index (χ3v) is 5.79. The van der Waals surface area contributed by atoms with Gasteiger partial charge in [0.15, 0.2) is 11.5 Å². The first kappa shape index (κ1) is 20.1. The predicted octanol–water partition coefficient (Wildman–Crippen LogP) is 2.91. The minimum absolute atomic E-state index is 0.0321. The Bertz CT molecular complexity index is 1130. The number of hydrogen-bond acceptors (Lipinski definition) is 6. The fraction of sp³-hybridized carbons (Fsp3) is 0.292. The Morgan fingerprint density at radius 2 is 2.06 bits per heavy atom. The maximum atomic E-state index is 12.7. The summed E-state index contributed by atoms with van der Waals surface area (Å²) < 4.78 is 13.8. The number of aromatic nitrogens is 2. The Balaban J connectivity index is 1.33. The van der Waals surface area contributed by atoms with Crippen LogP contribution in [-0.2, 0) is 24.3 Å². The van der Waals surface area contributed by atoms with Gasteiger partial charge < -0.3 is 18.9 Å². The van der Waals surface area contributed by atoms with E-state index in [1.54, 1.807) is 19.6 Å². The lowest BCUT2D eigenvalue weighted by atomic mass is 10.0. The number of carbonyl (C=O) groups excluding carboxylic acids is 1. The average Bonchev–Trinajstić information content (AvgIpc) is 3.43. The zero-order chi connectivity index (χ0) is 21.9. The molecule has 0 radical (unpaired) electrons. The van der Waals surface area contributed by atoms with E-state index in [1.165, 1.54) is 0 Å². The summed E-state index contributed by atoms with van der Waals surface area (Å²) >= 11 is 0. The molecule has 1 saturated heterocycles. The van der Waals surface area contributed by atoms with Crippen molar-refractivity contribution in [1.29, 1.82) is 0 Å². The van der Waals surface area contributed by atoms with Crippen molar-refractivity contribution >= 4 is 17.6 Å². The summed E-state index contributed by atoms with van der Waals surface area (Å²) in [5, 5.41) is 2.93. The number of aryl methyl sites for hydroxylation is 1. The molecule has 1 amide bonds. The van der Waals surface area contributed by atoms with Gasteiger partial charge in [0.25, 0.3) is 0 Å². The summed E-state index contributed by atoms with van der Waals surface area (Å²) in [4.78, 5) is 23.5. The number of benzene rings is 2. The Labute approximate surface area is 186 Å². The number of ether oxygens (including phenoxy) is 2. The molecule has 5 rings (SSSR count). The monoisotopic (exact) mass is 431 g/mol. The van der Waals surface area contributed by atoms with Crippen LogP contribution in [0.1, 0.15) is 17.5 Å². The van der Waals surface area contributed by atoms with Crippen LogP contribution in [0.25, 0.3) is 0 Å². The minimum atomic E-state index is -0.311. The molecular formula is C24H25N5O3. The molecule has 164 valence electrons. The molecule has 0 spiro atoms. The molecule has 0 saturated carbocycles. The van der Waals surface area contributed by atoms with Crippen molar-refractivity contribution in [2.45, 2.75) is 32.0 Å². The van der Waals surface area contributed by atoms with Crippen molar-refractivity contribution in [3.8, 4) is 11.5 Å². The van der Waals surface area contributed by atoms with Crippen molar-refractivity contribution in [3.05, 3.63) is 72.3 Å². The molecule has 8 heteroatoms. The number of nitrogens with one attached hydrogen (secondary N) is 1. The lowest BCUT2D eigenvalue weighted by molar-refractivity contribution is -0.121. The smallest absolute Gasteiger partial charge is 0.249 e. The van der Waals surface area contributed by atoms with Gasteiger partial charge in [0.1, 0.15) is 6.04 Å². The summed E-state index contributed by atoms with van der Waals surface area (Å²) in [7, 11) is 1.64. The summed E-state index contributed by atoms with van der Waals surface area (Å²) in [6, 6.07) is 13.5. The van der Waals surface area contributed by atoms with Gasteiger partial charge in [-0.15, -0.1) is 0 Å². The molecule has 2 aliphatic rings. The Kier molecular flexibility index (Phi) is 5.49. The first-order valence-corrected chi connectivity index (χ1v) is 10.7. The van der Waals surface area contributed by atoms with Crippen molar-refractivity contribution in [2.75, 3.05) is 13.7 Å². The lowest BCUT2D eigenvalue weighted by Crippen LogP contribution is -2.38. The lowest BCUT2D eigenvalue weighted by Gasteiger charge is -2.29. The van der Waals surface area contributed by atoms with E-state index in [0.29, 0.717) is 37.0 Å². The number of rotatable bonds is 8. The SMILES string of the molecule is COc1c(OCCCn2ccnc2)ccc2c1CN1C(=N2)NC(=O)C1Cc1ccccc1. The number of imidazole rings is 1. The molecule has 8 nitrogen and oxygen atoms in total. The number of aliphatic imine (C=N–C) groups is 1. The molecule has 1 aromatic heterocycles. The Morgan fingerprint density at radius 3 is 2.84 bits per heavy atom. The van der Waals surface area contributed by atoms with Crippen LogP contribution in [0.3, 0.4) is 0 Å². The van der Waals surface area contributed by atoms with Gasteiger partial charge >= 0.3 is 0 Å². The van der Waals surface area contributed by atoms with Crippen molar-refractivity contribution in [3.63, 3.8) is 0 Å². The van der Waals surface area contributed by atoms with Gasteiger partial charge in [-0.3, -0.25) is 10.1 Å². The highest BCUT2D eigenvalue weighted by Gasteiger charge is 2.40. The highest BCUT2D eigenvalue weighted by atomic mass is 16.5. The zero-order valence-electron chi connectivity index (χ0n) is 17.9. The van der Waals surface area contributed by atoms with Crippen LogP contribution in [0.2, 0.25) is 0 Å². The van der Waals surface area contributed by atoms with E-state index in [4.69, 9.17) is 14.5 Å². The van der Waals surface area contributed by atoms with Gasteiger partial charge in [0.2, 0.25) is 11.9 Å². The largest absolute Gasteiger partial charge is 0.492 e. The van der Waals surface area contributed by atoms with Crippen LogP contribution in [-0.4, -0.2) is 46.1 Å². The molecule has 1 fully saturated rings. The van der Waals surface area contributed by atoms with E-state index in [1.807, 2.05) is 58.1 Å². The maximum Gasteiger partial charge on any atom is 0.249 e. The summed E-state index contributed by atoms with van der Waals surface area (Å²) in [5.41, 5.74) is 2.83. The minimum Gasteiger partial charge on any atom is -0.492 e. The molecule has 3 heterocycles. The number of amides is 1. The van der Waals surface area contributed by atoms with Crippen LogP contribution < -0.4 is 14.8 Å². The number of hydrogen-bond donors (Lipinski definition) is 1. The number of nitrogens with zero attached hydrogens (tertiary/aromatic N) is 4. The predicted molar refractivity (Wildman–Crippen MR) is 120 cm³/mol. The standard InChI is InChI=1S/C24H25N5O3/c1-31-22-18-15-29-20(14-17-6-3-2-4-7-17)23(30)27-24(29)26-19(18)8-9-21(22)32-13-5-11-28-12-10-25-16-28/h2-4,6-10,12,16,20H,5,11,13-15H2,1H3,(H,26,27,30). The summed E-state index contributed by atoms with van der Waals surface area (Å²) in [6.45, 7) is 1.92. The molecule has 32 heavy (non-hydrogen) atoms. The third kappa shape index (κ3) is 3.91. The van der Waals surface area contributed by atoms with E-state index < -0.39 is 0 Å². The van der Waals surface area contributed by atoms with Crippen LogP contribution in [0.15, 0.2) is 66.2 Å². The molecular weight excluding hydrogens is 406 g/mol. The summed E-state index contributed by atoms with van der Waals surface area (Å²) in [6.07, 6.45) is 6.97. The Hall–Kier alpha value is -3.81. The Morgan fingerprint density at radius 1 is 1.19 bits per heavy atom. The van der Waals surface area contributed by atoms with E-state index in [9.17, 15) is 4.79 Å². The highest BCUT2D eigenvalue weighted by Crippen LogP contribution is 2.41. The molecule has 1 N–H and O–H groups in total. The van der Waals surface area contributed by atoms with Crippen LogP contribution in [0.5, 0.6) is 11.5 Å². The van der Waals surface area contributed by atoms with Gasteiger partial charge in [-0.2, -0.15) is 0 Å². The van der Waals surface area contributed by atoms with E-state index in [2.05, 4.69) is 10.3 Å². The molecule has 1 unspecified atom stereocenters. The quantitative estimate of drug-likeness (QED) is 0.555. The molecule has 1 atom stereocenters. The van der Waals surface area contributed by atoms with E-state index >= 15 is 0 Å². The number of fused-ring (bicyclic) bond motifs is 2. The first-order chi connectivity index (χ1) is 15.7. The number of methoxy groups -OCH3 is 1. The van der Waals surface area contributed by atoms with E-state index in [0.717, 1.165) is 29.8 Å².